The average Bonchev–Trinajstić information content (AvgIpc) is 2.96. The summed E-state index contributed by atoms with van der Waals surface area (Å²) in [6, 6.07) is 3.63. The van der Waals surface area contributed by atoms with Crippen LogP contribution in [0.3, 0.4) is 0 Å². The molecule has 0 aromatic carbocycles. The van der Waals surface area contributed by atoms with Crippen LogP contribution < -0.4 is 5.32 Å². The number of carbonyl (C=O) groups excluding carboxylic acids is 2. The minimum atomic E-state index is -4.10. The van der Waals surface area contributed by atoms with E-state index in [4.69, 9.17) is 4.74 Å². The monoisotopic (exact) mass is 397 g/mol. The third-order valence-electron chi connectivity index (χ3n) is 5.98. The fourth-order valence-corrected chi connectivity index (χ4v) is 3.96. The van der Waals surface area contributed by atoms with Crippen molar-refractivity contribution in [1.82, 2.24) is 15.2 Å². The van der Waals surface area contributed by atoms with Crippen molar-refractivity contribution in [2.24, 2.45) is 5.92 Å². The highest BCUT2D eigenvalue weighted by Crippen LogP contribution is 2.49. The summed E-state index contributed by atoms with van der Waals surface area (Å²) in [5, 5.41) is 2.65. The second kappa shape index (κ2) is 7.25. The van der Waals surface area contributed by atoms with Crippen molar-refractivity contribution in [2.45, 2.75) is 49.7 Å². The molecule has 0 radical (unpaired) electrons. The van der Waals surface area contributed by atoms with Gasteiger partial charge in [-0.3, -0.25) is 9.78 Å². The van der Waals surface area contributed by atoms with Crippen molar-refractivity contribution in [2.75, 3.05) is 19.7 Å². The molecule has 0 bridgehead atoms. The number of amides is 2. The van der Waals surface area contributed by atoms with Gasteiger partial charge in [0.05, 0.1) is 12.0 Å². The lowest BCUT2D eigenvalue weighted by atomic mass is 9.72. The van der Waals surface area contributed by atoms with Gasteiger partial charge in [0.25, 0.3) is 0 Å². The van der Waals surface area contributed by atoms with E-state index in [2.05, 4.69) is 10.3 Å². The van der Waals surface area contributed by atoms with Crippen molar-refractivity contribution in [3.05, 3.63) is 29.6 Å². The Kier molecular flexibility index (Phi) is 4.93. The lowest BCUT2D eigenvalue weighted by Gasteiger charge is -2.40. The molecular weight excluding hydrogens is 375 g/mol. The van der Waals surface area contributed by atoms with E-state index >= 15 is 0 Å². The summed E-state index contributed by atoms with van der Waals surface area (Å²) in [4.78, 5) is 29.3. The Morgan fingerprint density at radius 3 is 2.57 bits per heavy atom. The highest BCUT2D eigenvalue weighted by Gasteiger charge is 2.48. The maximum atomic E-state index is 12.6. The highest BCUT2D eigenvalue weighted by molar-refractivity contribution is 5.77. The number of ether oxygens (including phenoxy) is 1. The highest BCUT2D eigenvalue weighted by atomic mass is 19.4. The average molecular weight is 397 g/mol. The third-order valence-corrected chi connectivity index (χ3v) is 5.98. The number of likely N-dealkylation sites (tertiary alicyclic amines) is 1. The van der Waals surface area contributed by atoms with Gasteiger partial charge in [0.15, 0.2) is 0 Å². The van der Waals surface area contributed by atoms with Crippen LogP contribution in [0, 0.1) is 5.92 Å². The number of alkyl carbamates (subject to hydrolysis) is 1. The summed E-state index contributed by atoms with van der Waals surface area (Å²) in [7, 11) is 0. The number of aromatic nitrogens is 1. The van der Waals surface area contributed by atoms with Crippen LogP contribution in [0.15, 0.2) is 18.3 Å². The predicted molar refractivity (Wildman–Crippen MR) is 92.6 cm³/mol. The minimum absolute atomic E-state index is 0.0506. The van der Waals surface area contributed by atoms with Crippen LogP contribution in [-0.2, 0) is 9.53 Å². The van der Waals surface area contributed by atoms with Crippen LogP contribution in [0.25, 0.3) is 0 Å². The Balaban J connectivity index is 1.20. The van der Waals surface area contributed by atoms with Crippen LogP contribution >= 0.6 is 0 Å². The molecular formula is C19H22F3N3O3. The van der Waals surface area contributed by atoms with Gasteiger partial charge in [-0.15, -0.1) is 0 Å². The molecule has 2 saturated heterocycles. The fourth-order valence-electron chi connectivity index (χ4n) is 3.96. The van der Waals surface area contributed by atoms with E-state index in [1.165, 1.54) is 0 Å². The standard InChI is InChI=1S/C19H22F3N3O3/c20-19(21,22)14-5-12(6-14)16-3-1-11(7-23-16)13-8-25(9-13)17(26)4-2-15-10-28-18(27)24-15/h1,3,7,12-15H,2,4-6,8-10H2,(H,24,27)/t12?,14?,15-/m1/s1. The first-order chi connectivity index (χ1) is 13.3. The topological polar surface area (TPSA) is 71.5 Å². The minimum Gasteiger partial charge on any atom is -0.447 e. The van der Waals surface area contributed by atoms with Gasteiger partial charge < -0.3 is 15.0 Å². The quantitative estimate of drug-likeness (QED) is 0.829. The molecule has 3 aliphatic rings. The maximum absolute atomic E-state index is 12.6. The molecule has 1 aliphatic carbocycles. The van der Waals surface area contributed by atoms with Crippen molar-refractivity contribution in [3.63, 3.8) is 0 Å². The van der Waals surface area contributed by atoms with Crippen LogP contribution in [0.5, 0.6) is 0 Å². The lowest BCUT2D eigenvalue weighted by molar-refractivity contribution is -0.197. The predicted octanol–water partition coefficient (Wildman–Crippen LogP) is 2.95. The molecule has 3 fully saturated rings. The van der Waals surface area contributed by atoms with Gasteiger partial charge in [0.1, 0.15) is 6.61 Å². The van der Waals surface area contributed by atoms with Gasteiger partial charge in [-0.2, -0.15) is 13.2 Å². The molecule has 3 heterocycles. The van der Waals surface area contributed by atoms with E-state index in [-0.39, 0.29) is 36.6 Å². The number of alkyl halides is 3. The molecule has 1 aromatic heterocycles. The van der Waals surface area contributed by atoms with E-state index < -0.39 is 18.2 Å². The van der Waals surface area contributed by atoms with Gasteiger partial charge in [0.2, 0.25) is 5.91 Å². The molecule has 2 amide bonds. The van der Waals surface area contributed by atoms with Crippen molar-refractivity contribution < 1.29 is 27.5 Å². The Morgan fingerprint density at radius 1 is 1.25 bits per heavy atom. The molecule has 1 saturated carbocycles. The van der Waals surface area contributed by atoms with Gasteiger partial charge in [0, 0.05) is 43.2 Å². The zero-order valence-corrected chi connectivity index (χ0v) is 15.2. The number of carbonyl (C=O) groups is 2. The van der Waals surface area contributed by atoms with Crippen molar-refractivity contribution >= 4 is 12.0 Å². The lowest BCUT2D eigenvalue weighted by Crippen LogP contribution is -2.48. The summed E-state index contributed by atoms with van der Waals surface area (Å²) < 4.78 is 42.6. The van der Waals surface area contributed by atoms with Crippen molar-refractivity contribution in [3.8, 4) is 0 Å². The molecule has 0 unspecified atom stereocenters. The number of nitrogens with one attached hydrogen (secondary N) is 1. The normalized spacial score (nSPS) is 27.6. The Morgan fingerprint density at radius 2 is 2.00 bits per heavy atom. The first kappa shape index (κ1) is 19.0. The van der Waals surface area contributed by atoms with Gasteiger partial charge in [-0.05, 0) is 30.9 Å². The molecule has 4 rings (SSSR count). The summed E-state index contributed by atoms with van der Waals surface area (Å²) in [6.45, 7) is 1.54. The second-order valence-electron chi connectivity index (χ2n) is 7.90. The Labute approximate surface area is 160 Å². The SMILES string of the molecule is O=C1N[C@H](CCC(=O)N2CC(c3ccc(C4CC(C(F)(F)F)C4)nc3)C2)CO1. The largest absolute Gasteiger partial charge is 0.447 e. The fraction of sp³-hybridized carbons (Fsp3) is 0.632. The number of halogens is 3. The molecule has 9 heteroatoms. The molecule has 1 aromatic rings. The number of rotatable bonds is 5. The summed E-state index contributed by atoms with van der Waals surface area (Å²) >= 11 is 0. The number of hydrogen-bond donors (Lipinski definition) is 1. The second-order valence-corrected chi connectivity index (χ2v) is 7.90. The number of pyridine rings is 1. The smallest absolute Gasteiger partial charge is 0.407 e. The van der Waals surface area contributed by atoms with Gasteiger partial charge >= 0.3 is 12.3 Å². The molecule has 2 aliphatic heterocycles. The molecule has 6 nitrogen and oxygen atoms in total. The van der Waals surface area contributed by atoms with Crippen LogP contribution in [0.4, 0.5) is 18.0 Å². The van der Waals surface area contributed by atoms with Crippen LogP contribution in [0.2, 0.25) is 0 Å². The molecule has 0 spiro atoms. The zero-order valence-electron chi connectivity index (χ0n) is 15.2. The summed E-state index contributed by atoms with van der Waals surface area (Å²) in [5.41, 5.74) is 1.73. The van der Waals surface area contributed by atoms with E-state index in [1.54, 1.807) is 11.1 Å². The molecule has 152 valence electrons. The van der Waals surface area contributed by atoms with Crippen LogP contribution in [-0.4, -0.2) is 53.8 Å². The van der Waals surface area contributed by atoms with Gasteiger partial charge in [-0.25, -0.2) is 4.79 Å². The number of hydrogen-bond acceptors (Lipinski definition) is 4. The van der Waals surface area contributed by atoms with E-state index in [9.17, 15) is 22.8 Å². The summed E-state index contributed by atoms with van der Waals surface area (Å²) in [5.74, 6) is -1.05. The molecule has 28 heavy (non-hydrogen) atoms. The zero-order chi connectivity index (χ0) is 19.9. The first-order valence-corrected chi connectivity index (χ1v) is 9.53. The number of nitrogens with zero attached hydrogens (tertiary/aromatic N) is 2. The molecule has 1 atom stereocenters. The van der Waals surface area contributed by atoms with E-state index in [1.807, 2.05) is 12.1 Å². The summed E-state index contributed by atoms with van der Waals surface area (Å²) in [6.07, 6.45) is -1.65. The van der Waals surface area contributed by atoms with E-state index in [0.29, 0.717) is 32.5 Å². The molecule has 1 N–H and O–H groups in total. The number of cyclic esters (lactones) is 1. The Hall–Kier alpha value is -2.32. The van der Waals surface area contributed by atoms with Gasteiger partial charge in [-0.1, -0.05) is 6.07 Å². The van der Waals surface area contributed by atoms with Crippen LogP contribution in [0.1, 0.15) is 48.8 Å². The van der Waals surface area contributed by atoms with Crippen molar-refractivity contribution in [1.29, 1.82) is 0 Å². The Bertz CT molecular complexity index is 741. The first-order valence-electron chi connectivity index (χ1n) is 9.53. The maximum Gasteiger partial charge on any atom is 0.407 e. The van der Waals surface area contributed by atoms with E-state index in [0.717, 1.165) is 11.3 Å². The third kappa shape index (κ3) is 3.93.